The summed E-state index contributed by atoms with van der Waals surface area (Å²) in [4.78, 5) is 0. The summed E-state index contributed by atoms with van der Waals surface area (Å²) in [5.41, 5.74) is 1.61. The Hall–Kier alpha value is 0.217. The molecule has 1 aliphatic heterocycles. The average Bonchev–Trinajstić information content (AvgIpc) is 2.58. The van der Waals surface area contributed by atoms with Crippen molar-refractivity contribution in [2.24, 2.45) is 11.3 Å². The first-order valence-corrected chi connectivity index (χ1v) is 9.00. The molecule has 2 atom stereocenters. The summed E-state index contributed by atoms with van der Waals surface area (Å²) in [6, 6.07) is 3.12. The topological polar surface area (TPSA) is 0 Å². The minimum Gasteiger partial charge on any atom is -0.0630 e. The number of rotatable bonds is 2. The van der Waals surface area contributed by atoms with E-state index in [2.05, 4.69) is 55.4 Å². The van der Waals surface area contributed by atoms with Crippen molar-refractivity contribution in [3.05, 3.63) is 0 Å². The Bertz CT molecular complexity index is 229. The third-order valence-corrected chi connectivity index (χ3v) is 11.9. The van der Waals surface area contributed by atoms with Crippen LogP contribution in [0, 0.1) is 11.3 Å². The van der Waals surface area contributed by atoms with Crippen LogP contribution in [0.25, 0.3) is 0 Å². The highest BCUT2D eigenvalue weighted by Gasteiger charge is 2.65. The molecule has 15 heavy (non-hydrogen) atoms. The van der Waals surface area contributed by atoms with E-state index >= 15 is 0 Å². The van der Waals surface area contributed by atoms with Gasteiger partial charge < -0.3 is 0 Å². The van der Waals surface area contributed by atoms with Crippen LogP contribution in [-0.4, -0.2) is 8.07 Å². The minimum absolute atomic E-state index is 0.550. The van der Waals surface area contributed by atoms with Gasteiger partial charge in [0.25, 0.3) is 0 Å². The molecule has 2 unspecified atom stereocenters. The third kappa shape index (κ3) is 2.49. The molecule has 1 saturated heterocycles. The summed E-state index contributed by atoms with van der Waals surface area (Å²) in [5, 5.41) is 0.606. The molecule has 1 aliphatic rings. The van der Waals surface area contributed by atoms with Gasteiger partial charge in [-0.05, 0) is 21.9 Å². The maximum atomic E-state index is 2.49. The largest absolute Gasteiger partial charge is 0.0630 e. The van der Waals surface area contributed by atoms with Gasteiger partial charge in [0.2, 0.25) is 0 Å². The second-order valence-electron chi connectivity index (χ2n) is 8.13. The molecular formula is C14H30Si. The Morgan fingerprint density at radius 1 is 1.07 bits per heavy atom. The first-order valence-electron chi connectivity index (χ1n) is 6.51. The molecule has 0 N–H and O–H groups in total. The lowest BCUT2D eigenvalue weighted by atomic mass is 9.93. The van der Waals surface area contributed by atoms with Crippen molar-refractivity contribution in [3.8, 4) is 0 Å². The Morgan fingerprint density at radius 2 is 1.53 bits per heavy atom. The van der Waals surface area contributed by atoms with E-state index in [0.717, 1.165) is 11.5 Å². The molecule has 0 nitrogen and oxygen atoms in total. The smallest absolute Gasteiger partial charge is 0.0625 e. The quantitative estimate of drug-likeness (QED) is 0.559. The highest BCUT2D eigenvalue weighted by atomic mass is 28.3. The molecule has 0 spiro atoms. The van der Waals surface area contributed by atoms with E-state index in [-0.39, 0.29) is 0 Å². The van der Waals surface area contributed by atoms with Crippen molar-refractivity contribution < 1.29 is 0 Å². The lowest BCUT2D eigenvalue weighted by Gasteiger charge is -2.35. The molecule has 0 bridgehead atoms. The van der Waals surface area contributed by atoms with Gasteiger partial charge >= 0.3 is 0 Å². The first kappa shape index (κ1) is 13.3. The summed E-state index contributed by atoms with van der Waals surface area (Å²) < 4.78 is 0. The predicted octanol–water partition coefficient (Wildman–Crippen LogP) is 5.32. The van der Waals surface area contributed by atoms with E-state index in [9.17, 15) is 0 Å². The fraction of sp³-hybridized carbons (Fsp3) is 1.00. The van der Waals surface area contributed by atoms with Crippen LogP contribution in [0.2, 0.25) is 22.7 Å². The molecule has 1 rings (SSSR count). The molecule has 1 heteroatoms. The van der Waals surface area contributed by atoms with Gasteiger partial charge in [0, 0.05) is 0 Å². The molecule has 0 radical (unpaired) electrons. The Kier molecular flexibility index (Phi) is 3.20. The van der Waals surface area contributed by atoms with Crippen LogP contribution in [0.3, 0.4) is 0 Å². The predicted molar refractivity (Wildman–Crippen MR) is 73.1 cm³/mol. The number of hydrogen-bond acceptors (Lipinski definition) is 0. The molecule has 0 aromatic carbocycles. The van der Waals surface area contributed by atoms with Gasteiger partial charge in [-0.25, -0.2) is 0 Å². The van der Waals surface area contributed by atoms with Crippen molar-refractivity contribution in [1.82, 2.24) is 0 Å². The van der Waals surface area contributed by atoms with E-state index in [1.54, 1.807) is 12.1 Å². The summed E-state index contributed by atoms with van der Waals surface area (Å²) in [5.74, 6) is 0.892. The molecule has 0 aromatic rings. The van der Waals surface area contributed by atoms with Crippen molar-refractivity contribution in [1.29, 1.82) is 0 Å². The normalized spacial score (nSPS) is 32.2. The van der Waals surface area contributed by atoms with Gasteiger partial charge in [-0.3, -0.25) is 0 Å². The zero-order valence-corrected chi connectivity index (χ0v) is 13.1. The monoisotopic (exact) mass is 226 g/mol. The van der Waals surface area contributed by atoms with Gasteiger partial charge in [0.05, 0.1) is 8.07 Å². The van der Waals surface area contributed by atoms with Crippen LogP contribution in [0.15, 0.2) is 0 Å². The maximum Gasteiger partial charge on any atom is 0.0625 e. The standard InChI is InChI=1S/C14H30Si/c1-11(2)9-15(14(6,7)8)10-12(15)13(3,4)5/h11-12H,9-10H2,1-8H3. The highest BCUT2D eigenvalue weighted by molar-refractivity contribution is 6.93. The SMILES string of the molecule is CC(C)C[Si]1(C(C)(C)C)CC1C(C)(C)C. The van der Waals surface area contributed by atoms with E-state index < -0.39 is 8.07 Å². The van der Waals surface area contributed by atoms with E-state index in [4.69, 9.17) is 0 Å². The Balaban J connectivity index is 2.86. The summed E-state index contributed by atoms with van der Waals surface area (Å²) in [7, 11) is -0.983. The second kappa shape index (κ2) is 3.61. The van der Waals surface area contributed by atoms with E-state index in [0.29, 0.717) is 10.5 Å². The van der Waals surface area contributed by atoms with Crippen molar-refractivity contribution in [2.45, 2.75) is 78.1 Å². The van der Waals surface area contributed by atoms with Crippen LogP contribution >= 0.6 is 0 Å². The van der Waals surface area contributed by atoms with Gasteiger partial charge in [-0.15, -0.1) is 0 Å². The molecule has 0 aromatic heterocycles. The summed E-state index contributed by atoms with van der Waals surface area (Å²) >= 11 is 0. The van der Waals surface area contributed by atoms with Crippen LogP contribution in [0.1, 0.15) is 55.4 Å². The third-order valence-electron chi connectivity index (χ3n) is 4.39. The lowest BCUT2D eigenvalue weighted by Crippen LogP contribution is -2.33. The van der Waals surface area contributed by atoms with Gasteiger partial charge in [-0.2, -0.15) is 0 Å². The van der Waals surface area contributed by atoms with Gasteiger partial charge in [0.1, 0.15) is 0 Å². The van der Waals surface area contributed by atoms with Crippen LogP contribution in [0.4, 0.5) is 0 Å². The van der Waals surface area contributed by atoms with Crippen LogP contribution in [-0.2, 0) is 0 Å². The summed E-state index contributed by atoms with van der Waals surface area (Å²) in [6.07, 6.45) is 0. The maximum absolute atomic E-state index is 2.49. The van der Waals surface area contributed by atoms with Gasteiger partial charge in [-0.1, -0.05) is 67.5 Å². The number of hydrogen-bond donors (Lipinski definition) is 0. The minimum atomic E-state index is -0.983. The van der Waals surface area contributed by atoms with Crippen molar-refractivity contribution in [2.75, 3.05) is 0 Å². The fourth-order valence-electron chi connectivity index (χ4n) is 3.53. The first-order chi connectivity index (χ1) is 6.51. The Morgan fingerprint density at radius 3 is 1.73 bits per heavy atom. The van der Waals surface area contributed by atoms with Crippen molar-refractivity contribution >= 4 is 8.07 Å². The Labute approximate surface area is 97.9 Å². The average molecular weight is 226 g/mol. The molecule has 0 amide bonds. The van der Waals surface area contributed by atoms with Crippen molar-refractivity contribution in [3.63, 3.8) is 0 Å². The highest BCUT2D eigenvalue weighted by Crippen LogP contribution is 2.70. The van der Waals surface area contributed by atoms with Crippen LogP contribution in [0.5, 0.6) is 0 Å². The zero-order valence-electron chi connectivity index (χ0n) is 12.1. The lowest BCUT2D eigenvalue weighted by molar-refractivity contribution is 0.418. The molecule has 1 fully saturated rings. The van der Waals surface area contributed by atoms with E-state index in [1.165, 1.54) is 0 Å². The zero-order chi connectivity index (χ0) is 12.1. The summed E-state index contributed by atoms with van der Waals surface area (Å²) in [6.45, 7) is 19.6. The van der Waals surface area contributed by atoms with Gasteiger partial charge in [0.15, 0.2) is 0 Å². The molecular weight excluding hydrogens is 196 g/mol. The molecule has 0 aliphatic carbocycles. The molecule has 1 heterocycles. The molecule has 90 valence electrons. The molecule has 0 saturated carbocycles. The van der Waals surface area contributed by atoms with Crippen LogP contribution < -0.4 is 0 Å². The fourth-order valence-corrected chi connectivity index (χ4v) is 11.3. The van der Waals surface area contributed by atoms with E-state index in [1.807, 2.05) is 0 Å². The second-order valence-corrected chi connectivity index (χ2v) is 13.5.